The van der Waals surface area contributed by atoms with Gasteiger partial charge in [0.1, 0.15) is 5.69 Å². The smallest absolute Gasteiger partial charge is 0.224 e. The lowest BCUT2D eigenvalue weighted by molar-refractivity contribution is -0.120. The van der Waals surface area contributed by atoms with Crippen molar-refractivity contribution in [2.75, 3.05) is 18.4 Å². The van der Waals surface area contributed by atoms with Gasteiger partial charge in [-0.05, 0) is 28.5 Å². The van der Waals surface area contributed by atoms with Crippen LogP contribution in [0.4, 0.5) is 5.95 Å². The van der Waals surface area contributed by atoms with Crippen LogP contribution in [0.25, 0.3) is 10.2 Å². The number of hydrogen-bond donors (Lipinski definition) is 2. The highest BCUT2D eigenvalue weighted by Crippen LogP contribution is 2.26. The fraction of sp³-hybridized carbons (Fsp3) is 0.143. The van der Waals surface area contributed by atoms with Crippen LogP contribution in [-0.4, -0.2) is 34.7 Å². The fourth-order valence-corrected chi connectivity index (χ4v) is 4.32. The maximum Gasteiger partial charge on any atom is 0.224 e. The number of carbonyl (C=O) groups is 2. The number of hydrogen-bond acceptors (Lipinski definition) is 7. The van der Waals surface area contributed by atoms with Crippen molar-refractivity contribution in [1.29, 1.82) is 0 Å². The molecule has 3 heterocycles. The quantitative estimate of drug-likeness (QED) is 0.334. The van der Waals surface area contributed by atoms with E-state index in [1.165, 1.54) is 22.7 Å². The predicted molar refractivity (Wildman–Crippen MR) is 117 cm³/mol. The van der Waals surface area contributed by atoms with Gasteiger partial charge in [-0.3, -0.25) is 9.59 Å². The number of ketones is 1. The highest BCUT2D eigenvalue weighted by Gasteiger charge is 2.18. The summed E-state index contributed by atoms with van der Waals surface area (Å²) in [5, 5.41) is 9.75. The van der Waals surface area contributed by atoms with Gasteiger partial charge in [-0.25, -0.2) is 9.97 Å². The molecule has 0 aliphatic heterocycles. The van der Waals surface area contributed by atoms with Gasteiger partial charge in [0, 0.05) is 13.1 Å². The van der Waals surface area contributed by atoms with Gasteiger partial charge < -0.3 is 10.6 Å². The summed E-state index contributed by atoms with van der Waals surface area (Å²) in [5.41, 5.74) is 2.12. The zero-order valence-electron chi connectivity index (χ0n) is 15.4. The van der Waals surface area contributed by atoms with Crippen molar-refractivity contribution in [2.45, 2.75) is 6.42 Å². The molecule has 0 bridgehead atoms. The summed E-state index contributed by atoms with van der Waals surface area (Å²) in [6.45, 7) is 0.897. The summed E-state index contributed by atoms with van der Waals surface area (Å²) in [6, 6.07) is 15.1. The van der Waals surface area contributed by atoms with Crippen molar-refractivity contribution in [3.8, 4) is 0 Å². The minimum Gasteiger partial charge on any atom is -0.354 e. The van der Waals surface area contributed by atoms with Gasteiger partial charge in [0.25, 0.3) is 0 Å². The van der Waals surface area contributed by atoms with Crippen LogP contribution < -0.4 is 10.6 Å². The average Bonchev–Trinajstić information content (AvgIpc) is 3.43. The number of benzene rings is 1. The molecule has 8 heteroatoms. The normalized spacial score (nSPS) is 10.8. The summed E-state index contributed by atoms with van der Waals surface area (Å²) in [7, 11) is 0. The Morgan fingerprint density at radius 1 is 0.897 bits per heavy atom. The van der Waals surface area contributed by atoms with Crippen LogP contribution in [-0.2, 0) is 11.2 Å². The molecule has 4 rings (SSSR count). The summed E-state index contributed by atoms with van der Waals surface area (Å²) in [5.74, 6) is 0.239. The van der Waals surface area contributed by atoms with Crippen molar-refractivity contribution < 1.29 is 9.59 Å². The SMILES string of the molecule is O=C(Cc1ccccc1)NCCNc1nc(C(=O)c2cccs2)c2sccc2n1. The van der Waals surface area contributed by atoms with Gasteiger partial charge in [-0.15, -0.1) is 22.7 Å². The molecule has 0 saturated heterocycles. The second kappa shape index (κ2) is 8.93. The zero-order valence-corrected chi connectivity index (χ0v) is 17.1. The number of nitrogens with zero attached hydrogens (tertiary/aromatic N) is 2. The molecule has 4 aromatic rings. The van der Waals surface area contributed by atoms with Gasteiger partial charge in [-0.2, -0.15) is 0 Å². The summed E-state index contributed by atoms with van der Waals surface area (Å²) >= 11 is 2.85. The first-order chi connectivity index (χ1) is 14.2. The summed E-state index contributed by atoms with van der Waals surface area (Å²) in [4.78, 5) is 34.4. The summed E-state index contributed by atoms with van der Waals surface area (Å²) in [6.07, 6.45) is 0.345. The number of rotatable bonds is 8. The highest BCUT2D eigenvalue weighted by molar-refractivity contribution is 7.17. The Morgan fingerprint density at radius 3 is 2.55 bits per heavy atom. The molecule has 1 aromatic carbocycles. The second-order valence-corrected chi connectivity index (χ2v) is 8.14. The maximum absolute atomic E-state index is 12.8. The van der Waals surface area contributed by atoms with Crippen molar-refractivity contribution in [3.63, 3.8) is 0 Å². The Labute approximate surface area is 175 Å². The van der Waals surface area contributed by atoms with E-state index in [1.54, 1.807) is 6.07 Å². The number of fused-ring (bicyclic) bond motifs is 1. The van der Waals surface area contributed by atoms with Crippen LogP contribution in [0.2, 0.25) is 0 Å². The van der Waals surface area contributed by atoms with E-state index in [-0.39, 0.29) is 11.7 Å². The number of amides is 1. The molecule has 0 aliphatic carbocycles. The van der Waals surface area contributed by atoms with E-state index in [0.717, 1.165) is 15.8 Å². The molecular formula is C21H18N4O2S2. The third-order valence-electron chi connectivity index (χ3n) is 4.20. The van der Waals surface area contributed by atoms with Crippen molar-refractivity contribution in [1.82, 2.24) is 15.3 Å². The molecule has 2 N–H and O–H groups in total. The molecule has 29 heavy (non-hydrogen) atoms. The first-order valence-electron chi connectivity index (χ1n) is 9.08. The lowest BCUT2D eigenvalue weighted by atomic mass is 10.1. The van der Waals surface area contributed by atoms with Crippen molar-refractivity contribution >= 4 is 50.5 Å². The highest BCUT2D eigenvalue weighted by atomic mass is 32.1. The number of anilines is 1. The largest absolute Gasteiger partial charge is 0.354 e. The molecule has 3 aromatic heterocycles. The first kappa shape index (κ1) is 19.2. The fourth-order valence-electron chi connectivity index (χ4n) is 2.84. The van der Waals surface area contributed by atoms with Crippen LogP contribution in [0.1, 0.15) is 20.9 Å². The van der Waals surface area contributed by atoms with E-state index < -0.39 is 0 Å². The third-order valence-corrected chi connectivity index (χ3v) is 5.98. The van der Waals surface area contributed by atoms with Gasteiger partial charge >= 0.3 is 0 Å². The molecule has 0 atom stereocenters. The molecule has 0 fully saturated rings. The first-order valence-corrected chi connectivity index (χ1v) is 10.8. The van der Waals surface area contributed by atoms with Crippen LogP contribution in [0.5, 0.6) is 0 Å². The standard InChI is InChI=1S/C21H18N4O2S2/c26-17(13-14-5-2-1-3-6-14)22-9-10-23-21-24-15-8-12-29-20(15)18(25-21)19(27)16-7-4-11-28-16/h1-8,11-12H,9-10,13H2,(H,22,26)(H,23,24,25). The molecule has 1 amide bonds. The van der Waals surface area contributed by atoms with Gasteiger partial charge in [-0.1, -0.05) is 36.4 Å². The molecule has 146 valence electrons. The van der Waals surface area contributed by atoms with Crippen molar-refractivity contribution in [2.24, 2.45) is 0 Å². The number of nitrogens with one attached hydrogen (secondary N) is 2. The predicted octanol–water partition coefficient (Wildman–Crippen LogP) is 3.75. The van der Waals surface area contributed by atoms with E-state index in [2.05, 4.69) is 20.6 Å². The molecule has 6 nitrogen and oxygen atoms in total. The van der Waals surface area contributed by atoms with E-state index in [0.29, 0.717) is 36.0 Å². The zero-order chi connectivity index (χ0) is 20.1. The maximum atomic E-state index is 12.8. The van der Waals surface area contributed by atoms with Crippen LogP contribution in [0.15, 0.2) is 59.3 Å². The van der Waals surface area contributed by atoms with E-state index in [9.17, 15) is 9.59 Å². The lowest BCUT2D eigenvalue weighted by Gasteiger charge is -2.09. The van der Waals surface area contributed by atoms with Gasteiger partial charge in [0.2, 0.25) is 17.6 Å². The Kier molecular flexibility index (Phi) is 5.92. The lowest BCUT2D eigenvalue weighted by Crippen LogP contribution is -2.30. The molecule has 0 saturated carbocycles. The Bertz CT molecular complexity index is 1120. The number of aromatic nitrogens is 2. The van der Waals surface area contributed by atoms with Gasteiger partial charge in [0.05, 0.1) is 21.5 Å². The van der Waals surface area contributed by atoms with Gasteiger partial charge in [0.15, 0.2) is 0 Å². The van der Waals surface area contributed by atoms with E-state index >= 15 is 0 Å². The third kappa shape index (κ3) is 4.67. The monoisotopic (exact) mass is 422 g/mol. The Morgan fingerprint density at radius 2 is 1.76 bits per heavy atom. The summed E-state index contributed by atoms with van der Waals surface area (Å²) < 4.78 is 0.783. The van der Waals surface area contributed by atoms with E-state index in [4.69, 9.17) is 0 Å². The molecule has 0 aliphatic rings. The molecule has 0 spiro atoms. The molecule has 0 radical (unpaired) electrons. The van der Waals surface area contributed by atoms with Crippen LogP contribution in [0.3, 0.4) is 0 Å². The van der Waals surface area contributed by atoms with E-state index in [1.807, 2.05) is 53.2 Å². The second-order valence-electron chi connectivity index (χ2n) is 6.28. The number of thiophene rings is 2. The Hall–Kier alpha value is -3.10. The minimum atomic E-state index is -0.103. The van der Waals surface area contributed by atoms with Crippen LogP contribution >= 0.6 is 22.7 Å². The average molecular weight is 423 g/mol. The Balaban J connectivity index is 1.38. The van der Waals surface area contributed by atoms with Crippen molar-refractivity contribution in [3.05, 3.63) is 75.4 Å². The minimum absolute atomic E-state index is 0.0410. The number of carbonyl (C=O) groups excluding carboxylic acids is 2. The molecule has 0 unspecified atom stereocenters. The van der Waals surface area contributed by atoms with Crippen LogP contribution in [0, 0.1) is 0 Å². The molecular weight excluding hydrogens is 404 g/mol. The topological polar surface area (TPSA) is 84.0 Å².